The summed E-state index contributed by atoms with van der Waals surface area (Å²) in [5, 5.41) is 0.367. The van der Waals surface area contributed by atoms with Crippen LogP contribution in [0, 0.1) is 5.82 Å². The molecule has 0 heterocycles. The molecule has 0 spiro atoms. The number of carbonyl (C=O) groups is 1. The topological polar surface area (TPSA) is 35.5 Å². The molecule has 24 heavy (non-hydrogen) atoms. The molecular weight excluding hydrogens is 331 g/mol. The average Bonchev–Trinajstić information content (AvgIpc) is 2.60. The van der Waals surface area contributed by atoms with E-state index in [-0.39, 0.29) is 24.1 Å². The van der Waals surface area contributed by atoms with Crippen LogP contribution in [0.25, 0.3) is 0 Å². The zero-order valence-corrected chi connectivity index (χ0v) is 14.7. The molecule has 0 amide bonds. The molecule has 0 aliphatic heterocycles. The molecule has 0 saturated heterocycles. The van der Waals surface area contributed by atoms with Gasteiger partial charge in [-0.3, -0.25) is 4.79 Å². The summed E-state index contributed by atoms with van der Waals surface area (Å²) in [6.07, 6.45) is 0.561. The fourth-order valence-corrected chi connectivity index (χ4v) is 2.74. The molecule has 0 saturated carbocycles. The highest BCUT2D eigenvalue weighted by atomic mass is 35.5. The van der Waals surface area contributed by atoms with Gasteiger partial charge in [-0.15, -0.1) is 0 Å². The number of methoxy groups -OCH3 is 1. The number of hydrogen-bond donors (Lipinski definition) is 0. The Labute approximate surface area is 146 Å². The predicted octanol–water partition coefficient (Wildman–Crippen LogP) is 4.90. The predicted molar refractivity (Wildman–Crippen MR) is 92.0 cm³/mol. The fourth-order valence-electron chi connectivity index (χ4n) is 2.50. The Hall–Kier alpha value is -2.07. The van der Waals surface area contributed by atoms with E-state index in [1.165, 1.54) is 13.2 Å². The van der Waals surface area contributed by atoms with Crippen molar-refractivity contribution in [3.8, 4) is 5.75 Å². The first kappa shape index (κ1) is 18.3. The van der Waals surface area contributed by atoms with E-state index in [1.54, 1.807) is 13.0 Å². The van der Waals surface area contributed by atoms with Gasteiger partial charge in [-0.05, 0) is 36.1 Å². The minimum Gasteiger partial charge on any atom is -0.487 e. The van der Waals surface area contributed by atoms with Crippen molar-refractivity contribution in [1.29, 1.82) is 0 Å². The quantitative estimate of drug-likeness (QED) is 0.695. The molecular formula is C19H20ClFO3. The molecule has 0 bridgehead atoms. The van der Waals surface area contributed by atoms with Gasteiger partial charge >= 0.3 is 5.97 Å². The third-order valence-corrected chi connectivity index (χ3v) is 4.24. The summed E-state index contributed by atoms with van der Waals surface area (Å²) < 4.78 is 24.4. The van der Waals surface area contributed by atoms with E-state index in [0.29, 0.717) is 17.0 Å². The maximum atomic E-state index is 13.9. The highest BCUT2D eigenvalue weighted by molar-refractivity contribution is 6.32. The van der Waals surface area contributed by atoms with Gasteiger partial charge in [-0.2, -0.15) is 0 Å². The van der Waals surface area contributed by atoms with Crippen molar-refractivity contribution >= 4 is 17.6 Å². The zero-order chi connectivity index (χ0) is 17.7. The lowest BCUT2D eigenvalue weighted by Gasteiger charge is -2.16. The van der Waals surface area contributed by atoms with E-state index < -0.39 is 5.92 Å². The van der Waals surface area contributed by atoms with Crippen LogP contribution in [0.3, 0.4) is 0 Å². The summed E-state index contributed by atoms with van der Waals surface area (Å²) in [7, 11) is 1.36. The molecule has 1 unspecified atom stereocenters. The van der Waals surface area contributed by atoms with E-state index >= 15 is 0 Å². The monoisotopic (exact) mass is 350 g/mol. The van der Waals surface area contributed by atoms with Crippen molar-refractivity contribution in [3.05, 3.63) is 63.9 Å². The van der Waals surface area contributed by atoms with Gasteiger partial charge in [0.15, 0.2) is 0 Å². The van der Waals surface area contributed by atoms with Gasteiger partial charge in [0, 0.05) is 6.07 Å². The molecule has 2 aromatic carbocycles. The smallest absolute Gasteiger partial charge is 0.312 e. The summed E-state index contributed by atoms with van der Waals surface area (Å²) >= 11 is 6.16. The molecule has 0 aliphatic rings. The van der Waals surface area contributed by atoms with E-state index in [4.69, 9.17) is 21.1 Å². The van der Waals surface area contributed by atoms with Crippen LogP contribution < -0.4 is 4.74 Å². The van der Waals surface area contributed by atoms with Gasteiger partial charge < -0.3 is 9.47 Å². The molecule has 1 atom stereocenters. The summed E-state index contributed by atoms with van der Waals surface area (Å²) in [6, 6.07) is 10.3. The van der Waals surface area contributed by atoms with Crippen LogP contribution in [0.2, 0.25) is 5.02 Å². The molecule has 0 N–H and O–H groups in total. The number of aryl methyl sites for hydroxylation is 1. The first-order valence-corrected chi connectivity index (χ1v) is 8.12. The number of halogens is 2. The largest absolute Gasteiger partial charge is 0.487 e. The minimum atomic E-state index is -0.413. The maximum Gasteiger partial charge on any atom is 0.312 e. The Morgan fingerprint density at radius 2 is 1.96 bits per heavy atom. The summed E-state index contributed by atoms with van der Waals surface area (Å²) in [4.78, 5) is 11.8. The number of hydrogen-bond acceptors (Lipinski definition) is 3. The number of esters is 1. The molecule has 128 valence electrons. The van der Waals surface area contributed by atoms with Crippen molar-refractivity contribution in [2.24, 2.45) is 0 Å². The van der Waals surface area contributed by atoms with Crippen molar-refractivity contribution in [3.63, 3.8) is 0 Å². The van der Waals surface area contributed by atoms with Crippen LogP contribution in [0.1, 0.15) is 36.5 Å². The van der Waals surface area contributed by atoms with Crippen LogP contribution >= 0.6 is 11.6 Å². The number of carbonyl (C=O) groups excluding carboxylic acids is 1. The lowest BCUT2D eigenvalue weighted by Crippen LogP contribution is -2.13. The molecule has 0 radical (unpaired) electrons. The van der Waals surface area contributed by atoms with Crippen molar-refractivity contribution in [2.75, 3.05) is 7.11 Å². The number of benzene rings is 2. The van der Waals surface area contributed by atoms with Crippen LogP contribution in [0.15, 0.2) is 36.4 Å². The SMILES string of the molecule is CCc1cc(Cl)c(OCc2ccccc2C(C)C(=O)OC)cc1F. The summed E-state index contributed by atoms with van der Waals surface area (Å²) in [5.74, 6) is -0.789. The van der Waals surface area contributed by atoms with E-state index in [0.717, 1.165) is 11.1 Å². The van der Waals surface area contributed by atoms with Crippen LogP contribution in [0.5, 0.6) is 5.75 Å². The lowest BCUT2D eigenvalue weighted by atomic mass is 9.96. The molecule has 0 aromatic heterocycles. The molecule has 0 fully saturated rings. The van der Waals surface area contributed by atoms with Crippen molar-refractivity contribution in [2.45, 2.75) is 32.8 Å². The second-order valence-corrected chi connectivity index (χ2v) is 5.87. The van der Waals surface area contributed by atoms with Gasteiger partial charge in [0.2, 0.25) is 0 Å². The average molecular weight is 351 g/mol. The standard InChI is InChI=1S/C19H20ClFO3/c1-4-13-9-16(20)18(10-17(13)21)24-11-14-7-5-6-8-15(14)12(2)19(22)23-3/h5-10,12H,4,11H2,1-3H3. The molecule has 2 aromatic rings. The fraction of sp³-hybridized carbons (Fsp3) is 0.316. The van der Waals surface area contributed by atoms with Crippen LogP contribution in [0.4, 0.5) is 4.39 Å². The van der Waals surface area contributed by atoms with E-state index in [1.807, 2.05) is 31.2 Å². The molecule has 2 rings (SSSR count). The number of ether oxygens (including phenoxy) is 2. The molecule has 5 heteroatoms. The normalized spacial score (nSPS) is 11.9. The van der Waals surface area contributed by atoms with Crippen molar-refractivity contribution < 1.29 is 18.7 Å². The van der Waals surface area contributed by atoms with Gasteiger partial charge in [0.05, 0.1) is 18.1 Å². The Bertz CT molecular complexity index is 731. The van der Waals surface area contributed by atoms with Gasteiger partial charge in [0.25, 0.3) is 0 Å². The first-order chi connectivity index (χ1) is 11.5. The number of rotatable bonds is 6. The van der Waals surface area contributed by atoms with E-state index in [2.05, 4.69) is 0 Å². The maximum absolute atomic E-state index is 13.9. The van der Waals surface area contributed by atoms with Crippen LogP contribution in [-0.4, -0.2) is 13.1 Å². The van der Waals surface area contributed by atoms with Gasteiger partial charge in [0.1, 0.15) is 18.2 Å². The third-order valence-electron chi connectivity index (χ3n) is 3.94. The second-order valence-electron chi connectivity index (χ2n) is 5.46. The second kappa shape index (κ2) is 8.15. The zero-order valence-electron chi connectivity index (χ0n) is 13.9. The lowest BCUT2D eigenvalue weighted by molar-refractivity contribution is -0.142. The minimum absolute atomic E-state index is 0.183. The Morgan fingerprint density at radius 3 is 2.62 bits per heavy atom. The Morgan fingerprint density at radius 1 is 1.25 bits per heavy atom. The highest BCUT2D eigenvalue weighted by Gasteiger charge is 2.19. The highest BCUT2D eigenvalue weighted by Crippen LogP contribution is 2.30. The van der Waals surface area contributed by atoms with Crippen LogP contribution in [-0.2, 0) is 22.6 Å². The molecule has 3 nitrogen and oxygen atoms in total. The van der Waals surface area contributed by atoms with E-state index in [9.17, 15) is 9.18 Å². The van der Waals surface area contributed by atoms with Gasteiger partial charge in [-0.1, -0.05) is 42.8 Å². The first-order valence-electron chi connectivity index (χ1n) is 7.74. The summed E-state index contributed by atoms with van der Waals surface area (Å²) in [5.41, 5.74) is 2.18. The molecule has 0 aliphatic carbocycles. The Kier molecular flexibility index (Phi) is 6.21. The Balaban J connectivity index is 2.21. The van der Waals surface area contributed by atoms with Gasteiger partial charge in [-0.25, -0.2) is 4.39 Å². The third kappa shape index (κ3) is 4.06. The van der Waals surface area contributed by atoms with Crippen molar-refractivity contribution in [1.82, 2.24) is 0 Å². The summed E-state index contributed by atoms with van der Waals surface area (Å²) in [6.45, 7) is 3.81.